The molecular weight excluding hydrogens is 268 g/mol. The van der Waals surface area contributed by atoms with Gasteiger partial charge in [-0.1, -0.05) is 26.0 Å². The molecule has 1 nitrogen and oxygen atoms in total. The second-order valence-electron chi connectivity index (χ2n) is 8.62. The van der Waals surface area contributed by atoms with Crippen LogP contribution in [0.5, 0.6) is 0 Å². The third-order valence-corrected chi connectivity index (χ3v) is 7.96. The van der Waals surface area contributed by atoms with Crippen molar-refractivity contribution in [1.29, 1.82) is 0 Å². The van der Waals surface area contributed by atoms with Crippen molar-refractivity contribution in [3.05, 3.63) is 29.5 Å². The van der Waals surface area contributed by atoms with Gasteiger partial charge in [0.1, 0.15) is 0 Å². The first kappa shape index (κ1) is 14.5. The highest BCUT2D eigenvalue weighted by atomic mass is 16.1. The van der Waals surface area contributed by atoms with Gasteiger partial charge in [-0.3, -0.25) is 4.79 Å². The van der Waals surface area contributed by atoms with E-state index in [1.165, 1.54) is 43.3 Å². The summed E-state index contributed by atoms with van der Waals surface area (Å²) < 4.78 is 0. The Morgan fingerprint density at radius 1 is 1.05 bits per heavy atom. The Balaban J connectivity index is 1.71. The summed E-state index contributed by atoms with van der Waals surface area (Å²) in [6.45, 7) is 8.90. The molecule has 22 heavy (non-hydrogen) atoms. The van der Waals surface area contributed by atoms with Gasteiger partial charge < -0.3 is 0 Å². The van der Waals surface area contributed by atoms with Crippen LogP contribution < -0.4 is 0 Å². The van der Waals surface area contributed by atoms with Crippen LogP contribution >= 0.6 is 0 Å². The van der Waals surface area contributed by atoms with Crippen LogP contribution in [-0.2, 0) is 4.79 Å². The molecule has 0 aliphatic heterocycles. The summed E-state index contributed by atoms with van der Waals surface area (Å²) >= 11 is 0. The minimum absolute atomic E-state index is 0.304. The molecule has 0 aromatic heterocycles. The summed E-state index contributed by atoms with van der Waals surface area (Å²) in [6.07, 6.45) is 11.5. The van der Waals surface area contributed by atoms with Gasteiger partial charge in [-0.05, 0) is 85.2 Å². The fourth-order valence-electron chi connectivity index (χ4n) is 6.66. The molecule has 0 amide bonds. The van der Waals surface area contributed by atoms with E-state index in [2.05, 4.69) is 26.2 Å². The molecule has 0 N–H and O–H groups in total. The highest BCUT2D eigenvalue weighted by molar-refractivity contribution is 5.91. The number of hydrogen-bond donors (Lipinski definition) is 0. The van der Waals surface area contributed by atoms with Gasteiger partial charge in [0.05, 0.1) is 0 Å². The number of carbonyl (C=O) groups excluding carboxylic acids is 1. The second kappa shape index (κ2) is 4.71. The molecule has 0 bridgehead atoms. The first-order chi connectivity index (χ1) is 10.5. The van der Waals surface area contributed by atoms with Gasteiger partial charge in [0.2, 0.25) is 0 Å². The van der Waals surface area contributed by atoms with E-state index in [1.807, 2.05) is 6.08 Å². The second-order valence-corrected chi connectivity index (χ2v) is 8.62. The number of allylic oxidation sites excluding steroid dienone is 2. The van der Waals surface area contributed by atoms with Crippen molar-refractivity contribution in [1.82, 2.24) is 0 Å². The lowest BCUT2D eigenvalue weighted by atomic mass is 9.47. The van der Waals surface area contributed by atoms with E-state index < -0.39 is 0 Å². The van der Waals surface area contributed by atoms with Crippen LogP contribution in [0.15, 0.2) is 29.5 Å². The molecule has 0 aromatic rings. The summed E-state index contributed by atoms with van der Waals surface area (Å²) in [4.78, 5) is 11.8. The van der Waals surface area contributed by atoms with Gasteiger partial charge in [-0.2, -0.15) is 0 Å². The smallest absolute Gasteiger partial charge is 0.155 e. The zero-order valence-corrected chi connectivity index (χ0v) is 14.1. The molecule has 3 fully saturated rings. The summed E-state index contributed by atoms with van der Waals surface area (Å²) in [7, 11) is 0. The first-order valence-corrected chi connectivity index (χ1v) is 9.12. The van der Waals surface area contributed by atoms with Gasteiger partial charge in [0.25, 0.3) is 0 Å². The highest BCUT2D eigenvalue weighted by Crippen LogP contribution is 2.66. The maximum absolute atomic E-state index is 11.8. The monoisotopic (exact) mass is 296 g/mol. The largest absolute Gasteiger partial charge is 0.295 e. The molecule has 4 aliphatic carbocycles. The van der Waals surface area contributed by atoms with E-state index in [0.29, 0.717) is 16.6 Å². The Hall–Kier alpha value is -1.07. The zero-order chi connectivity index (χ0) is 15.5. The summed E-state index contributed by atoms with van der Waals surface area (Å²) in [6, 6.07) is 0. The van der Waals surface area contributed by atoms with E-state index in [9.17, 15) is 4.79 Å². The normalized spacial score (nSPS) is 47.2. The molecule has 0 spiro atoms. The molecule has 1 heteroatoms. The first-order valence-electron chi connectivity index (χ1n) is 9.12. The molecule has 3 saturated carbocycles. The summed E-state index contributed by atoms with van der Waals surface area (Å²) in [5, 5.41) is 0. The minimum Gasteiger partial charge on any atom is -0.295 e. The molecule has 3 unspecified atom stereocenters. The van der Waals surface area contributed by atoms with Crippen molar-refractivity contribution in [3.63, 3.8) is 0 Å². The molecular formula is C21H28O. The summed E-state index contributed by atoms with van der Waals surface area (Å²) in [5.41, 5.74) is 6.93. The van der Waals surface area contributed by atoms with E-state index in [4.69, 9.17) is 0 Å². The number of ketones is 1. The fourth-order valence-corrected chi connectivity index (χ4v) is 6.66. The lowest BCUT2D eigenvalue weighted by molar-refractivity contribution is -0.117. The lowest BCUT2D eigenvalue weighted by Gasteiger charge is -2.57. The average molecular weight is 296 g/mol. The van der Waals surface area contributed by atoms with E-state index >= 15 is 0 Å². The molecule has 0 heterocycles. The van der Waals surface area contributed by atoms with Gasteiger partial charge >= 0.3 is 0 Å². The molecule has 118 valence electrons. The van der Waals surface area contributed by atoms with Crippen molar-refractivity contribution in [2.45, 2.75) is 65.2 Å². The van der Waals surface area contributed by atoms with Gasteiger partial charge in [-0.25, -0.2) is 0 Å². The minimum atomic E-state index is 0.304. The van der Waals surface area contributed by atoms with Crippen LogP contribution in [-0.4, -0.2) is 5.78 Å². The molecule has 0 saturated heterocycles. The van der Waals surface area contributed by atoms with Gasteiger partial charge in [0.15, 0.2) is 5.78 Å². The Bertz CT molecular complexity index is 605. The van der Waals surface area contributed by atoms with Crippen LogP contribution in [0.1, 0.15) is 65.2 Å². The van der Waals surface area contributed by atoms with Crippen molar-refractivity contribution in [3.8, 4) is 0 Å². The predicted octanol–water partition coefficient (Wildman–Crippen LogP) is 5.23. The summed E-state index contributed by atoms with van der Waals surface area (Å²) in [5.74, 6) is 2.83. The van der Waals surface area contributed by atoms with Crippen molar-refractivity contribution >= 4 is 5.78 Å². The molecule has 4 aliphatic rings. The predicted molar refractivity (Wildman–Crippen MR) is 89.4 cm³/mol. The van der Waals surface area contributed by atoms with E-state index in [1.54, 1.807) is 0 Å². The maximum atomic E-state index is 11.8. The van der Waals surface area contributed by atoms with Gasteiger partial charge in [-0.15, -0.1) is 5.73 Å². The maximum Gasteiger partial charge on any atom is 0.155 e. The quantitative estimate of drug-likeness (QED) is 0.559. The van der Waals surface area contributed by atoms with Crippen LogP contribution in [0, 0.1) is 28.6 Å². The molecule has 5 atom stereocenters. The standard InChI is InChI=1S/C21H28O/c1-4-14-6-8-18-17-7-5-15-13-16(22)9-11-21(15,3)19(17)10-12-20(14,18)2/h13,17-19H,1,5-12H2,2-3H3/t17?,18?,19?,20-,21+/m1/s1. The average Bonchev–Trinajstić information content (AvgIpc) is 2.84. The zero-order valence-electron chi connectivity index (χ0n) is 14.1. The topological polar surface area (TPSA) is 17.1 Å². The Morgan fingerprint density at radius 3 is 2.59 bits per heavy atom. The molecule has 0 radical (unpaired) electrons. The molecule has 0 aromatic carbocycles. The Kier molecular flexibility index (Phi) is 3.11. The third kappa shape index (κ3) is 1.75. The fraction of sp³-hybridized carbons (Fsp3) is 0.714. The van der Waals surface area contributed by atoms with E-state index in [-0.39, 0.29) is 0 Å². The molecule has 4 rings (SSSR count). The third-order valence-electron chi connectivity index (χ3n) is 7.96. The van der Waals surface area contributed by atoms with E-state index in [0.717, 1.165) is 37.0 Å². The SMILES string of the molecule is C=C=C1CCC2C3CCC4=CC(=O)CC[C@]4(C)C3CC[C@]12C. The van der Waals surface area contributed by atoms with Crippen molar-refractivity contribution < 1.29 is 4.79 Å². The van der Waals surface area contributed by atoms with Crippen LogP contribution in [0.4, 0.5) is 0 Å². The van der Waals surface area contributed by atoms with Crippen LogP contribution in [0.3, 0.4) is 0 Å². The highest BCUT2D eigenvalue weighted by Gasteiger charge is 2.57. The van der Waals surface area contributed by atoms with Crippen LogP contribution in [0.2, 0.25) is 0 Å². The van der Waals surface area contributed by atoms with Crippen molar-refractivity contribution in [2.24, 2.45) is 28.6 Å². The van der Waals surface area contributed by atoms with Crippen molar-refractivity contribution in [2.75, 3.05) is 0 Å². The lowest BCUT2D eigenvalue weighted by Crippen LogP contribution is -2.49. The number of rotatable bonds is 0. The van der Waals surface area contributed by atoms with Gasteiger partial charge in [0, 0.05) is 6.42 Å². The number of fused-ring (bicyclic) bond motifs is 5. The number of carbonyl (C=O) groups is 1. The van der Waals surface area contributed by atoms with Crippen LogP contribution in [0.25, 0.3) is 0 Å². The Labute approximate surface area is 134 Å². The number of hydrogen-bond acceptors (Lipinski definition) is 1. The Morgan fingerprint density at radius 2 is 1.82 bits per heavy atom.